The lowest BCUT2D eigenvalue weighted by Gasteiger charge is -2.01. The number of unbranched alkanes of at least 4 members (excludes halogenated alkanes) is 7. The minimum absolute atomic E-state index is 0.727. The van der Waals surface area contributed by atoms with E-state index in [2.05, 4.69) is 21.3 Å². The number of aryl methyl sites for hydroxylation is 2. The lowest BCUT2D eigenvalue weighted by Crippen LogP contribution is -2.32. The Labute approximate surface area is 157 Å². The maximum absolute atomic E-state index is 8.90. The normalized spacial score (nSPS) is 10.2. The molecule has 0 radical (unpaired) electrons. The summed E-state index contributed by atoms with van der Waals surface area (Å²) in [5.41, 5.74) is 1.45. The van der Waals surface area contributed by atoms with Crippen LogP contribution >= 0.6 is 0 Å². The first-order chi connectivity index (χ1) is 12.8. The Morgan fingerprint density at radius 1 is 0.615 bits per heavy atom. The second-order valence-electron chi connectivity index (χ2n) is 6.71. The molecule has 0 atom stereocenters. The van der Waals surface area contributed by atoms with Gasteiger partial charge in [-0.05, 0) is 25.0 Å². The highest BCUT2D eigenvalue weighted by Crippen LogP contribution is 2.08. The minimum atomic E-state index is 0.727. The molecule has 0 spiro atoms. The van der Waals surface area contributed by atoms with Gasteiger partial charge in [-0.25, -0.2) is 9.13 Å². The quantitative estimate of drug-likeness (QED) is 0.458. The largest absolute Gasteiger partial charge is 0.204 e. The number of pyridine rings is 2. The molecule has 0 aliphatic heterocycles. The third-order valence-corrected chi connectivity index (χ3v) is 4.56. The van der Waals surface area contributed by atoms with Crippen molar-refractivity contribution in [3.8, 4) is 12.1 Å². The van der Waals surface area contributed by atoms with Gasteiger partial charge in [0.1, 0.15) is 36.4 Å². The summed E-state index contributed by atoms with van der Waals surface area (Å²) in [5, 5.41) is 17.8. The van der Waals surface area contributed by atoms with Crippen molar-refractivity contribution in [2.45, 2.75) is 64.5 Å². The van der Waals surface area contributed by atoms with Gasteiger partial charge in [0.05, 0.1) is 0 Å². The zero-order valence-electron chi connectivity index (χ0n) is 15.5. The molecule has 0 fully saturated rings. The Kier molecular flexibility index (Phi) is 8.87. The number of nitrogens with zero attached hydrogens (tertiary/aromatic N) is 4. The summed E-state index contributed by atoms with van der Waals surface area (Å²) in [6, 6.07) is 11.9. The van der Waals surface area contributed by atoms with Gasteiger partial charge in [-0.3, -0.25) is 0 Å². The van der Waals surface area contributed by atoms with Gasteiger partial charge in [-0.1, -0.05) is 25.7 Å². The van der Waals surface area contributed by atoms with Gasteiger partial charge in [0.2, 0.25) is 0 Å². The summed E-state index contributed by atoms with van der Waals surface area (Å²) in [5.74, 6) is 0. The van der Waals surface area contributed by atoms with Crippen molar-refractivity contribution in [3.63, 3.8) is 0 Å². The van der Waals surface area contributed by atoms with Crippen molar-refractivity contribution in [1.29, 1.82) is 10.5 Å². The second kappa shape index (κ2) is 11.8. The second-order valence-corrected chi connectivity index (χ2v) is 6.71. The van der Waals surface area contributed by atoms with Gasteiger partial charge >= 0.3 is 0 Å². The van der Waals surface area contributed by atoms with Crippen LogP contribution in [-0.2, 0) is 13.1 Å². The summed E-state index contributed by atoms with van der Waals surface area (Å²) in [7, 11) is 0. The predicted molar refractivity (Wildman–Crippen MR) is 99.6 cm³/mol. The molecule has 2 aromatic rings. The third kappa shape index (κ3) is 7.45. The zero-order chi connectivity index (χ0) is 18.5. The molecule has 134 valence electrons. The van der Waals surface area contributed by atoms with E-state index in [4.69, 9.17) is 10.5 Å². The van der Waals surface area contributed by atoms with Crippen LogP contribution in [0.4, 0.5) is 0 Å². The molecule has 0 N–H and O–H groups in total. The molecule has 0 aromatic carbocycles. The molecule has 2 aromatic heterocycles. The zero-order valence-corrected chi connectivity index (χ0v) is 15.5. The Hall–Kier alpha value is -2.72. The van der Waals surface area contributed by atoms with Gasteiger partial charge in [-0.15, -0.1) is 0 Å². The summed E-state index contributed by atoms with van der Waals surface area (Å²) in [6.45, 7) is 1.99. The number of nitriles is 2. The fourth-order valence-corrected chi connectivity index (χ4v) is 3.10. The maximum atomic E-state index is 8.90. The maximum Gasteiger partial charge on any atom is 0.186 e. The highest BCUT2D eigenvalue weighted by molar-refractivity contribution is 5.22. The summed E-state index contributed by atoms with van der Waals surface area (Å²) < 4.78 is 4.22. The minimum Gasteiger partial charge on any atom is -0.204 e. The molecule has 0 amide bonds. The van der Waals surface area contributed by atoms with E-state index in [9.17, 15) is 0 Å². The SMILES string of the molecule is N#Cc1ccc[n+](CCCCCCCCCC[n+]2cccc(C#N)c2)c1. The molecule has 0 bridgehead atoms. The van der Waals surface area contributed by atoms with Gasteiger partial charge in [-0.2, -0.15) is 10.5 Å². The number of hydrogen-bond donors (Lipinski definition) is 0. The Bertz CT molecular complexity index is 690. The van der Waals surface area contributed by atoms with Crippen molar-refractivity contribution in [2.75, 3.05) is 0 Å². The molecule has 0 aliphatic rings. The first-order valence-electron chi connectivity index (χ1n) is 9.60. The Balaban J connectivity index is 1.46. The van der Waals surface area contributed by atoms with Crippen LogP contribution in [0.3, 0.4) is 0 Å². The average Bonchev–Trinajstić information content (AvgIpc) is 2.69. The standard InChI is InChI=1S/C22H28N4/c23-17-21-11-9-15-25(19-21)13-7-5-3-1-2-4-6-8-14-26-16-10-12-22(18-24)20-26/h9-12,15-16,19-20H,1-8,13-14H2/q+2. The van der Waals surface area contributed by atoms with Crippen LogP contribution in [0.5, 0.6) is 0 Å². The smallest absolute Gasteiger partial charge is 0.186 e. The van der Waals surface area contributed by atoms with Crippen LogP contribution in [-0.4, -0.2) is 0 Å². The van der Waals surface area contributed by atoms with Crippen LogP contribution < -0.4 is 9.13 Å². The van der Waals surface area contributed by atoms with Gasteiger partial charge in [0.15, 0.2) is 24.8 Å². The number of rotatable bonds is 11. The van der Waals surface area contributed by atoms with E-state index in [0.717, 1.165) is 24.2 Å². The average molecular weight is 348 g/mol. The van der Waals surface area contributed by atoms with Crippen molar-refractivity contribution in [2.24, 2.45) is 0 Å². The Morgan fingerprint density at radius 3 is 1.38 bits per heavy atom. The van der Waals surface area contributed by atoms with E-state index in [1.54, 1.807) is 0 Å². The monoisotopic (exact) mass is 348 g/mol. The molecule has 4 nitrogen and oxygen atoms in total. The first-order valence-corrected chi connectivity index (χ1v) is 9.60. The van der Waals surface area contributed by atoms with Crippen LogP contribution in [0.1, 0.15) is 62.5 Å². The molecule has 0 aliphatic carbocycles. The topological polar surface area (TPSA) is 55.3 Å². The van der Waals surface area contributed by atoms with Gasteiger partial charge in [0.25, 0.3) is 0 Å². The number of aromatic nitrogens is 2. The highest BCUT2D eigenvalue weighted by atomic mass is 14.9. The van der Waals surface area contributed by atoms with Crippen molar-refractivity contribution in [1.82, 2.24) is 0 Å². The third-order valence-electron chi connectivity index (χ3n) is 4.56. The number of hydrogen-bond acceptors (Lipinski definition) is 2. The van der Waals surface area contributed by atoms with Crippen LogP contribution in [0, 0.1) is 22.7 Å². The fraction of sp³-hybridized carbons (Fsp3) is 0.455. The lowest BCUT2D eigenvalue weighted by molar-refractivity contribution is -0.697. The summed E-state index contributed by atoms with van der Waals surface area (Å²) >= 11 is 0. The molecular formula is C22H28N4+2. The molecule has 0 saturated carbocycles. The van der Waals surface area contributed by atoms with E-state index in [1.807, 2.05) is 49.1 Å². The van der Waals surface area contributed by atoms with Crippen LogP contribution in [0.15, 0.2) is 49.1 Å². The molecule has 2 rings (SSSR count). The van der Waals surface area contributed by atoms with Crippen molar-refractivity contribution < 1.29 is 9.13 Å². The molecule has 26 heavy (non-hydrogen) atoms. The van der Waals surface area contributed by atoms with Crippen LogP contribution in [0.25, 0.3) is 0 Å². The summed E-state index contributed by atoms with van der Waals surface area (Å²) in [4.78, 5) is 0. The highest BCUT2D eigenvalue weighted by Gasteiger charge is 2.03. The molecular weight excluding hydrogens is 320 g/mol. The van der Waals surface area contributed by atoms with Gasteiger partial charge < -0.3 is 0 Å². The molecule has 0 saturated heterocycles. The van der Waals surface area contributed by atoms with Crippen molar-refractivity contribution >= 4 is 0 Å². The van der Waals surface area contributed by atoms with Crippen molar-refractivity contribution in [3.05, 3.63) is 60.2 Å². The fourth-order valence-electron chi connectivity index (χ4n) is 3.10. The summed E-state index contributed by atoms with van der Waals surface area (Å²) in [6.07, 6.45) is 17.9. The van der Waals surface area contributed by atoms with E-state index >= 15 is 0 Å². The van der Waals surface area contributed by atoms with E-state index in [1.165, 1.54) is 51.4 Å². The first kappa shape index (κ1) is 19.6. The molecule has 0 unspecified atom stereocenters. The lowest BCUT2D eigenvalue weighted by atomic mass is 10.1. The van der Waals surface area contributed by atoms with Crippen LogP contribution in [0.2, 0.25) is 0 Å². The van der Waals surface area contributed by atoms with E-state index in [-0.39, 0.29) is 0 Å². The van der Waals surface area contributed by atoms with E-state index < -0.39 is 0 Å². The molecule has 2 heterocycles. The predicted octanol–water partition coefficient (Wildman–Crippen LogP) is 3.83. The van der Waals surface area contributed by atoms with E-state index in [0.29, 0.717) is 0 Å². The Morgan fingerprint density at radius 2 is 1.00 bits per heavy atom. The molecule has 4 heteroatoms. The van der Waals surface area contributed by atoms with Gasteiger partial charge in [0, 0.05) is 25.0 Å².